The van der Waals surface area contributed by atoms with Gasteiger partial charge in [-0.05, 0) is 49.1 Å². The van der Waals surface area contributed by atoms with Crippen LogP contribution in [0.1, 0.15) is 24.4 Å². The number of nitrogens with zero attached hydrogens (tertiary/aromatic N) is 7. The van der Waals surface area contributed by atoms with Crippen molar-refractivity contribution in [2.24, 2.45) is 5.14 Å². The lowest BCUT2D eigenvalue weighted by Gasteiger charge is -2.24. The number of benzene rings is 2. The molecule has 2 aliphatic heterocycles. The van der Waals surface area contributed by atoms with Crippen molar-refractivity contribution in [3.05, 3.63) is 66.5 Å². The molecule has 54 heavy (non-hydrogen) atoms. The van der Waals surface area contributed by atoms with Gasteiger partial charge in [-0.2, -0.15) is 9.97 Å². The average molecular weight is 764 g/mol. The predicted molar refractivity (Wildman–Crippen MR) is 195 cm³/mol. The number of amides is 5. The van der Waals surface area contributed by atoms with Gasteiger partial charge in [0.1, 0.15) is 18.8 Å². The second-order valence-corrected chi connectivity index (χ2v) is 15.3. The van der Waals surface area contributed by atoms with Gasteiger partial charge in [-0.1, -0.05) is 30.3 Å². The molecule has 3 fully saturated rings. The van der Waals surface area contributed by atoms with Gasteiger partial charge >= 0.3 is 12.1 Å². The maximum absolute atomic E-state index is 12.9. The summed E-state index contributed by atoms with van der Waals surface area (Å²) in [7, 11) is -2.39. The number of hydrogen-bond acceptors (Lipinski definition) is 13. The lowest BCUT2D eigenvalue weighted by Crippen LogP contribution is -2.47. The minimum absolute atomic E-state index is 0.0457. The van der Waals surface area contributed by atoms with Crippen LogP contribution in [0.15, 0.2) is 65.8 Å². The SMILES string of the molecule is CN1CC(=O)N([C@H]2C[C@@H](n3cnc4c(N[C@H](CO)Cc5ccccc5)nc(N5CC[C@@H](NC(=O)Nc6ccc(S(N)(=O)=O)cc6)C5)nc43)[C@H](O)[C@@H]2O)C1=O. The first-order valence-electron chi connectivity index (χ1n) is 17.3. The average Bonchev–Trinajstić information content (AvgIpc) is 3.90. The molecule has 8 N–H and O–H groups in total. The molecule has 6 atom stereocenters. The summed E-state index contributed by atoms with van der Waals surface area (Å²) in [6.45, 7) is 0.427. The van der Waals surface area contributed by atoms with Crippen LogP contribution in [-0.4, -0.2) is 135 Å². The van der Waals surface area contributed by atoms with Crippen LogP contribution in [0.4, 0.5) is 27.0 Å². The Hall–Kier alpha value is -5.41. The number of aliphatic hydroxyl groups is 3. The van der Waals surface area contributed by atoms with Crippen LogP contribution in [0.2, 0.25) is 0 Å². The molecule has 5 amide bonds. The van der Waals surface area contributed by atoms with Gasteiger partial charge in [-0.15, -0.1) is 0 Å². The summed E-state index contributed by atoms with van der Waals surface area (Å²) >= 11 is 0. The van der Waals surface area contributed by atoms with Crippen molar-refractivity contribution in [1.29, 1.82) is 0 Å². The smallest absolute Gasteiger partial charge is 0.327 e. The van der Waals surface area contributed by atoms with Gasteiger partial charge in [0.25, 0.3) is 5.91 Å². The number of hydrogen-bond donors (Lipinski definition) is 7. The standard InChI is InChI=1S/C34H41N11O8S/c1-42-16-26(47)45(34(42)51)25-14-24(28(48)29(25)49)44-18-36-27-30(37-22(17-46)13-19-5-3-2-4-6-19)40-32(41-31(27)44)43-12-11-21(15-43)39-33(50)38-20-7-9-23(10-8-20)54(35,52)53/h2-10,18,21-22,24-25,28-29,46,48-49H,11-17H2,1H3,(H2,35,52,53)(H,37,40,41)(H2,38,39,50)/t21-,22+,24-,25+,28+,29-/m1/s1. The summed E-state index contributed by atoms with van der Waals surface area (Å²) in [6.07, 6.45) is -0.266. The Morgan fingerprint density at radius 3 is 2.43 bits per heavy atom. The first-order chi connectivity index (χ1) is 25.8. The van der Waals surface area contributed by atoms with Gasteiger partial charge in [0.05, 0.1) is 36.0 Å². The van der Waals surface area contributed by atoms with Crippen molar-refractivity contribution in [3.8, 4) is 0 Å². The molecule has 0 bridgehead atoms. The lowest BCUT2D eigenvalue weighted by atomic mass is 10.1. The molecule has 0 unspecified atom stereocenters. The summed E-state index contributed by atoms with van der Waals surface area (Å²) < 4.78 is 24.7. The number of anilines is 3. The second kappa shape index (κ2) is 14.8. The fourth-order valence-electron chi connectivity index (χ4n) is 7.27. The third-order valence-electron chi connectivity index (χ3n) is 10.0. The van der Waals surface area contributed by atoms with Gasteiger partial charge < -0.3 is 45.6 Å². The van der Waals surface area contributed by atoms with E-state index in [0.29, 0.717) is 48.6 Å². The van der Waals surface area contributed by atoms with Gasteiger partial charge in [0, 0.05) is 31.9 Å². The number of primary sulfonamides is 1. The Balaban J connectivity index is 1.15. The van der Waals surface area contributed by atoms with Crippen LogP contribution in [0, 0.1) is 0 Å². The molecule has 0 spiro atoms. The Labute approximate surface area is 309 Å². The molecule has 1 saturated carbocycles. The minimum atomic E-state index is -3.88. The van der Waals surface area contributed by atoms with E-state index in [4.69, 9.17) is 15.1 Å². The quantitative estimate of drug-likeness (QED) is 0.0980. The van der Waals surface area contributed by atoms with Crippen molar-refractivity contribution >= 4 is 56.6 Å². The Morgan fingerprint density at radius 1 is 1.04 bits per heavy atom. The molecule has 2 aromatic heterocycles. The zero-order chi connectivity index (χ0) is 38.3. The number of aromatic nitrogens is 4. The molecule has 4 heterocycles. The molecule has 286 valence electrons. The maximum atomic E-state index is 12.9. The fraction of sp³-hybridized carbons (Fsp3) is 0.412. The normalized spacial score (nSPS) is 23.7. The highest BCUT2D eigenvalue weighted by molar-refractivity contribution is 7.89. The number of likely N-dealkylation sites (N-methyl/N-ethyl adjacent to an activating group) is 1. The van der Waals surface area contributed by atoms with E-state index in [2.05, 4.69) is 20.9 Å². The van der Waals surface area contributed by atoms with E-state index in [1.807, 2.05) is 35.2 Å². The number of imidazole rings is 1. The van der Waals surface area contributed by atoms with Crippen LogP contribution in [-0.2, 0) is 21.2 Å². The van der Waals surface area contributed by atoms with Gasteiger partial charge in [-0.25, -0.2) is 28.1 Å². The second-order valence-electron chi connectivity index (χ2n) is 13.8. The van der Waals surface area contributed by atoms with Gasteiger partial charge in [0.2, 0.25) is 16.0 Å². The summed E-state index contributed by atoms with van der Waals surface area (Å²) in [5.41, 5.74) is 2.00. The number of aliphatic hydroxyl groups excluding tert-OH is 3. The molecule has 19 nitrogen and oxygen atoms in total. The monoisotopic (exact) mass is 763 g/mol. The highest BCUT2D eigenvalue weighted by atomic mass is 32.2. The number of nitrogens with one attached hydrogen (secondary N) is 3. The van der Waals surface area contributed by atoms with Crippen molar-refractivity contribution in [2.75, 3.05) is 48.8 Å². The van der Waals surface area contributed by atoms with Crippen molar-refractivity contribution in [3.63, 3.8) is 0 Å². The van der Waals surface area contributed by atoms with E-state index in [9.17, 15) is 38.1 Å². The van der Waals surface area contributed by atoms with Crippen LogP contribution in [0.3, 0.4) is 0 Å². The molecule has 20 heteroatoms. The maximum Gasteiger partial charge on any atom is 0.327 e. The zero-order valence-corrected chi connectivity index (χ0v) is 30.0. The van der Waals surface area contributed by atoms with Crippen LogP contribution >= 0.6 is 0 Å². The number of carbonyl (C=O) groups excluding carboxylic acids is 3. The van der Waals surface area contributed by atoms with Gasteiger partial charge in [-0.3, -0.25) is 9.69 Å². The van der Waals surface area contributed by atoms with E-state index in [0.717, 1.165) is 10.5 Å². The van der Waals surface area contributed by atoms with Crippen LogP contribution < -0.4 is 26.0 Å². The fourth-order valence-corrected chi connectivity index (χ4v) is 7.78. The summed E-state index contributed by atoms with van der Waals surface area (Å²) in [4.78, 5) is 56.7. The molecule has 2 saturated heterocycles. The zero-order valence-electron chi connectivity index (χ0n) is 29.2. The summed E-state index contributed by atoms with van der Waals surface area (Å²) in [5.74, 6) is 0.129. The molecular formula is C34H41N11O8S. The summed E-state index contributed by atoms with van der Waals surface area (Å²) in [5, 5.41) is 46.8. The van der Waals surface area contributed by atoms with Crippen molar-refractivity contribution < 1.29 is 38.1 Å². The molecular weight excluding hydrogens is 723 g/mol. The van der Waals surface area contributed by atoms with Crippen LogP contribution in [0.25, 0.3) is 11.2 Å². The Bertz CT molecular complexity index is 2150. The van der Waals surface area contributed by atoms with Crippen molar-refractivity contribution in [2.45, 2.75) is 60.5 Å². The number of imide groups is 1. The molecule has 4 aromatic rings. The number of fused-ring (bicyclic) bond motifs is 1. The lowest BCUT2D eigenvalue weighted by molar-refractivity contribution is -0.128. The molecule has 3 aliphatic rings. The summed E-state index contributed by atoms with van der Waals surface area (Å²) in [6, 6.07) is 11.4. The number of rotatable bonds is 11. The van der Waals surface area contributed by atoms with E-state index >= 15 is 0 Å². The number of carbonyl (C=O) groups is 3. The topological polar surface area (TPSA) is 261 Å². The van der Waals surface area contributed by atoms with Crippen LogP contribution in [0.5, 0.6) is 0 Å². The van der Waals surface area contributed by atoms with E-state index in [1.165, 1.54) is 42.5 Å². The minimum Gasteiger partial charge on any atom is -0.394 e. The highest BCUT2D eigenvalue weighted by Gasteiger charge is 2.51. The number of urea groups is 2. The van der Waals surface area contributed by atoms with Gasteiger partial charge in [0.15, 0.2) is 17.0 Å². The number of sulfonamides is 1. The molecule has 7 rings (SSSR count). The molecule has 0 radical (unpaired) electrons. The van der Waals surface area contributed by atoms with E-state index in [1.54, 1.807) is 4.57 Å². The molecule has 2 aromatic carbocycles. The Kier molecular flexibility index (Phi) is 10.1. The third kappa shape index (κ3) is 7.37. The predicted octanol–water partition coefficient (Wildman–Crippen LogP) is -0.181. The first-order valence-corrected chi connectivity index (χ1v) is 18.9. The largest absolute Gasteiger partial charge is 0.394 e. The van der Waals surface area contributed by atoms with Crippen molar-refractivity contribution in [1.82, 2.24) is 34.6 Å². The van der Waals surface area contributed by atoms with E-state index < -0.39 is 58.3 Å². The Morgan fingerprint density at radius 2 is 1.76 bits per heavy atom. The first kappa shape index (κ1) is 36.9. The number of nitrogens with two attached hydrogens (primary N) is 1. The van der Waals surface area contributed by atoms with E-state index in [-0.39, 0.29) is 36.5 Å². The third-order valence-corrected chi connectivity index (χ3v) is 11.0. The molecule has 1 aliphatic carbocycles. The highest BCUT2D eigenvalue weighted by Crippen LogP contribution is 2.38.